The lowest BCUT2D eigenvalue weighted by Crippen LogP contribution is -2.32. The Kier molecular flexibility index (Phi) is 5.75. The van der Waals surface area contributed by atoms with Crippen molar-refractivity contribution in [3.05, 3.63) is 65.7 Å². The van der Waals surface area contributed by atoms with Gasteiger partial charge in [0.2, 0.25) is 15.9 Å². The number of anilines is 1. The van der Waals surface area contributed by atoms with E-state index in [-0.39, 0.29) is 11.9 Å². The average Bonchev–Trinajstić information content (AvgIpc) is 2.51. The fourth-order valence-electron chi connectivity index (χ4n) is 2.55. The second-order valence-electron chi connectivity index (χ2n) is 5.78. The average molecular weight is 346 g/mol. The molecule has 0 radical (unpaired) electrons. The van der Waals surface area contributed by atoms with Gasteiger partial charge in [-0.2, -0.15) is 4.31 Å². The minimum absolute atomic E-state index is 0.163. The highest BCUT2D eigenvalue weighted by molar-refractivity contribution is 7.88. The molecule has 6 heteroatoms. The number of nitrogens with one attached hydrogen (secondary N) is 1. The van der Waals surface area contributed by atoms with Gasteiger partial charge in [-0.3, -0.25) is 4.79 Å². The van der Waals surface area contributed by atoms with Crippen molar-refractivity contribution in [2.45, 2.75) is 26.4 Å². The molecule has 0 saturated carbocycles. The quantitative estimate of drug-likeness (QED) is 0.874. The number of hydrogen-bond acceptors (Lipinski definition) is 3. The molecule has 0 spiro atoms. The van der Waals surface area contributed by atoms with E-state index in [9.17, 15) is 13.2 Å². The summed E-state index contributed by atoms with van der Waals surface area (Å²) in [6.45, 7) is 3.58. The van der Waals surface area contributed by atoms with Crippen LogP contribution in [0.25, 0.3) is 0 Å². The van der Waals surface area contributed by atoms with E-state index in [1.165, 1.54) is 17.5 Å². The molecule has 0 fully saturated rings. The van der Waals surface area contributed by atoms with E-state index in [1.54, 1.807) is 18.2 Å². The molecule has 1 atom stereocenters. The Hall–Kier alpha value is -2.18. The summed E-state index contributed by atoms with van der Waals surface area (Å²) in [5, 5.41) is 2.72. The molecule has 0 bridgehead atoms. The van der Waals surface area contributed by atoms with Gasteiger partial charge in [0.05, 0.1) is 6.26 Å². The lowest BCUT2D eigenvalue weighted by Gasteiger charge is -2.27. The Bertz CT molecular complexity index is 804. The summed E-state index contributed by atoms with van der Waals surface area (Å²) in [7, 11) is -3.40. The predicted octanol–water partition coefficient (Wildman–Crippen LogP) is 3.17. The van der Waals surface area contributed by atoms with Crippen molar-refractivity contribution in [1.29, 1.82) is 0 Å². The van der Waals surface area contributed by atoms with E-state index in [0.29, 0.717) is 12.2 Å². The van der Waals surface area contributed by atoms with Crippen LogP contribution in [0.3, 0.4) is 0 Å². The van der Waals surface area contributed by atoms with Crippen molar-refractivity contribution in [1.82, 2.24) is 4.31 Å². The van der Waals surface area contributed by atoms with Gasteiger partial charge in [0.1, 0.15) is 0 Å². The van der Waals surface area contributed by atoms with Crippen molar-refractivity contribution in [2.24, 2.45) is 0 Å². The highest BCUT2D eigenvalue weighted by Gasteiger charge is 2.25. The van der Waals surface area contributed by atoms with E-state index in [0.717, 1.165) is 11.1 Å². The zero-order valence-corrected chi connectivity index (χ0v) is 14.9. The maximum Gasteiger partial charge on any atom is 0.221 e. The van der Waals surface area contributed by atoms with Gasteiger partial charge in [-0.15, -0.1) is 0 Å². The summed E-state index contributed by atoms with van der Waals surface area (Å²) in [5.74, 6) is -0.163. The Morgan fingerprint density at radius 1 is 1.12 bits per heavy atom. The van der Waals surface area contributed by atoms with E-state index in [1.807, 2.05) is 43.3 Å². The molecule has 2 rings (SSSR count). The van der Waals surface area contributed by atoms with Crippen LogP contribution in [0.2, 0.25) is 0 Å². The second-order valence-corrected chi connectivity index (χ2v) is 7.71. The van der Waals surface area contributed by atoms with Crippen molar-refractivity contribution >= 4 is 21.6 Å². The first-order valence-electron chi connectivity index (χ1n) is 7.65. The van der Waals surface area contributed by atoms with Gasteiger partial charge < -0.3 is 5.32 Å². The Labute approximate surface area is 143 Å². The fraction of sp³-hybridized carbons (Fsp3) is 0.278. The van der Waals surface area contributed by atoms with E-state index in [2.05, 4.69) is 5.32 Å². The lowest BCUT2D eigenvalue weighted by atomic mass is 10.1. The number of rotatable bonds is 6. The third kappa shape index (κ3) is 4.91. The Morgan fingerprint density at radius 2 is 1.79 bits per heavy atom. The maximum absolute atomic E-state index is 12.3. The standard InChI is InChI=1S/C18H22N2O3S/c1-14(17-10-7-11-18(12-17)19-15(2)21)20(24(3,22)23)13-16-8-5-4-6-9-16/h4-12,14H,13H2,1-3H3,(H,19,21)/t14-/m1/s1. The molecule has 1 N–H and O–H groups in total. The molecule has 1 amide bonds. The number of carbonyl (C=O) groups is 1. The van der Waals surface area contributed by atoms with E-state index >= 15 is 0 Å². The van der Waals surface area contributed by atoms with Crippen molar-refractivity contribution in [2.75, 3.05) is 11.6 Å². The largest absolute Gasteiger partial charge is 0.326 e. The first-order valence-corrected chi connectivity index (χ1v) is 9.50. The molecule has 2 aromatic rings. The number of carbonyl (C=O) groups excluding carboxylic acids is 1. The van der Waals surface area contributed by atoms with Crippen LogP contribution in [-0.2, 0) is 21.4 Å². The van der Waals surface area contributed by atoms with Crippen LogP contribution in [0.5, 0.6) is 0 Å². The summed E-state index contributed by atoms with van der Waals surface area (Å²) in [4.78, 5) is 11.2. The summed E-state index contributed by atoms with van der Waals surface area (Å²) in [5.41, 5.74) is 2.40. The molecule has 0 aliphatic rings. The number of benzene rings is 2. The van der Waals surface area contributed by atoms with Crippen LogP contribution < -0.4 is 5.32 Å². The smallest absolute Gasteiger partial charge is 0.221 e. The van der Waals surface area contributed by atoms with Gasteiger partial charge >= 0.3 is 0 Å². The Balaban J connectivity index is 2.31. The number of sulfonamides is 1. The molecule has 0 unspecified atom stereocenters. The Morgan fingerprint density at radius 3 is 2.38 bits per heavy atom. The lowest BCUT2D eigenvalue weighted by molar-refractivity contribution is -0.114. The number of nitrogens with zero attached hydrogens (tertiary/aromatic N) is 1. The van der Waals surface area contributed by atoms with Crippen LogP contribution in [0.4, 0.5) is 5.69 Å². The summed E-state index contributed by atoms with van der Waals surface area (Å²) >= 11 is 0. The second kappa shape index (κ2) is 7.59. The summed E-state index contributed by atoms with van der Waals surface area (Å²) in [6.07, 6.45) is 1.21. The van der Waals surface area contributed by atoms with Gasteiger partial charge in [-0.05, 0) is 30.2 Å². The minimum Gasteiger partial charge on any atom is -0.326 e. The molecule has 0 aliphatic heterocycles. The first-order chi connectivity index (χ1) is 11.3. The predicted molar refractivity (Wildman–Crippen MR) is 96.0 cm³/mol. The molecule has 5 nitrogen and oxygen atoms in total. The zero-order valence-electron chi connectivity index (χ0n) is 14.1. The highest BCUT2D eigenvalue weighted by atomic mass is 32.2. The zero-order chi connectivity index (χ0) is 17.7. The van der Waals surface area contributed by atoms with Gasteiger partial charge in [0.15, 0.2) is 0 Å². The first kappa shape index (κ1) is 18.2. The molecule has 0 heterocycles. The monoisotopic (exact) mass is 346 g/mol. The number of hydrogen-bond donors (Lipinski definition) is 1. The third-order valence-electron chi connectivity index (χ3n) is 3.73. The van der Waals surface area contributed by atoms with E-state index in [4.69, 9.17) is 0 Å². The molecule has 0 saturated heterocycles. The highest BCUT2D eigenvalue weighted by Crippen LogP contribution is 2.27. The van der Waals surface area contributed by atoms with Gasteiger partial charge in [0, 0.05) is 25.2 Å². The minimum atomic E-state index is -3.40. The molecule has 128 valence electrons. The van der Waals surface area contributed by atoms with Crippen LogP contribution in [0.15, 0.2) is 54.6 Å². The van der Waals surface area contributed by atoms with Crippen molar-refractivity contribution in [3.63, 3.8) is 0 Å². The summed E-state index contributed by atoms with van der Waals surface area (Å²) < 4.78 is 26.0. The van der Waals surface area contributed by atoms with Crippen molar-refractivity contribution < 1.29 is 13.2 Å². The number of amides is 1. The van der Waals surface area contributed by atoms with Gasteiger partial charge in [-0.1, -0.05) is 42.5 Å². The third-order valence-corrected chi connectivity index (χ3v) is 5.03. The molecule has 0 aromatic heterocycles. The van der Waals surface area contributed by atoms with Crippen LogP contribution >= 0.6 is 0 Å². The maximum atomic E-state index is 12.3. The van der Waals surface area contributed by atoms with Crippen LogP contribution in [-0.4, -0.2) is 24.9 Å². The molecular weight excluding hydrogens is 324 g/mol. The van der Waals surface area contributed by atoms with Gasteiger partial charge in [-0.25, -0.2) is 8.42 Å². The molecule has 0 aliphatic carbocycles. The molecule has 24 heavy (non-hydrogen) atoms. The van der Waals surface area contributed by atoms with Crippen molar-refractivity contribution in [3.8, 4) is 0 Å². The SMILES string of the molecule is CC(=O)Nc1cccc([C@@H](C)N(Cc2ccccc2)S(C)(=O)=O)c1. The molecule has 2 aromatic carbocycles. The normalized spacial score (nSPS) is 12.8. The van der Waals surface area contributed by atoms with E-state index < -0.39 is 10.0 Å². The summed E-state index contributed by atoms with van der Waals surface area (Å²) in [6, 6.07) is 16.4. The molecular formula is C18H22N2O3S. The van der Waals surface area contributed by atoms with Gasteiger partial charge in [0.25, 0.3) is 0 Å². The fourth-order valence-corrected chi connectivity index (χ4v) is 3.63. The topological polar surface area (TPSA) is 66.5 Å². The van der Waals surface area contributed by atoms with Crippen LogP contribution in [0.1, 0.15) is 31.0 Å². The van der Waals surface area contributed by atoms with Crippen LogP contribution in [0, 0.1) is 0 Å².